The van der Waals surface area contributed by atoms with Crippen molar-refractivity contribution >= 4 is 12.0 Å². The molecule has 0 aliphatic rings. The molecule has 2 atom stereocenters. The van der Waals surface area contributed by atoms with E-state index in [1.807, 2.05) is 5.32 Å². The first-order chi connectivity index (χ1) is 18.3. The van der Waals surface area contributed by atoms with Crippen LogP contribution in [-0.2, 0) is 22.5 Å². The topological polar surface area (TPSA) is 122 Å². The molecule has 0 aliphatic carbocycles. The van der Waals surface area contributed by atoms with Crippen molar-refractivity contribution in [2.24, 2.45) is 0 Å². The van der Waals surface area contributed by atoms with E-state index in [2.05, 4.69) is 15.5 Å². The highest BCUT2D eigenvalue weighted by atomic mass is 19.4. The lowest BCUT2D eigenvalue weighted by Gasteiger charge is -2.31. The van der Waals surface area contributed by atoms with Crippen LogP contribution < -0.4 is 10.7 Å². The number of nitrogens with one attached hydrogen (secondary N) is 2. The molecule has 2 aromatic carbocycles. The number of ether oxygens (including phenoxy) is 1. The Kier molecular flexibility index (Phi) is 9.65. The molecule has 2 amide bonds. The van der Waals surface area contributed by atoms with E-state index in [1.54, 1.807) is 80.1 Å². The number of hydrogen-bond acceptors (Lipinski definition) is 7. The minimum atomic E-state index is -5.13. The lowest BCUT2D eigenvalue weighted by Crippen LogP contribution is -2.55. The maximum atomic E-state index is 13.0. The van der Waals surface area contributed by atoms with Crippen LogP contribution in [0.4, 0.5) is 18.0 Å². The third-order valence-corrected chi connectivity index (χ3v) is 5.39. The summed E-state index contributed by atoms with van der Waals surface area (Å²) in [6.07, 6.45) is -4.59. The number of benzene rings is 2. The number of hydrazine groups is 1. The normalized spacial score (nSPS) is 13.5. The molecule has 3 aromatic rings. The fourth-order valence-electron chi connectivity index (χ4n) is 3.65. The Morgan fingerprint density at radius 2 is 1.72 bits per heavy atom. The number of rotatable bonds is 10. The van der Waals surface area contributed by atoms with Crippen LogP contribution in [-0.4, -0.2) is 67.3 Å². The Morgan fingerprint density at radius 1 is 1.05 bits per heavy atom. The van der Waals surface area contributed by atoms with Gasteiger partial charge in [0.05, 0.1) is 17.8 Å². The van der Waals surface area contributed by atoms with E-state index >= 15 is 0 Å². The van der Waals surface area contributed by atoms with Gasteiger partial charge in [-0.3, -0.25) is 10.2 Å². The average Bonchev–Trinajstić information content (AvgIpc) is 3.38. The molecular formula is C26H31F3N6O4. The standard InChI is InChI=1S/C26H31F3N6O4/c1-25(2,3)39-24(38)33-34(14-19-9-11-20(12-10-19)35-17-30-16-31-35)15-22(36)21(32-23(37)26(27,28)29)13-18-7-5-4-6-8-18/h4-12,16-17,21-22,36H,13-15H2,1-3H3,(H,32,37)(H,33,38)/t21-,22-/m0/s1. The molecule has 0 fully saturated rings. The first-order valence-electron chi connectivity index (χ1n) is 12.1. The van der Waals surface area contributed by atoms with Crippen molar-refractivity contribution < 1.29 is 32.6 Å². The highest BCUT2D eigenvalue weighted by molar-refractivity contribution is 5.82. The summed E-state index contributed by atoms with van der Waals surface area (Å²) in [7, 11) is 0. The van der Waals surface area contributed by atoms with Gasteiger partial charge in [0.2, 0.25) is 0 Å². The first kappa shape index (κ1) is 29.6. The van der Waals surface area contributed by atoms with Crippen LogP contribution in [0.15, 0.2) is 67.3 Å². The number of alkyl halides is 3. The summed E-state index contributed by atoms with van der Waals surface area (Å²) in [6.45, 7) is 4.78. The molecule has 0 saturated carbocycles. The summed E-state index contributed by atoms with van der Waals surface area (Å²) >= 11 is 0. The van der Waals surface area contributed by atoms with Gasteiger partial charge in [0.15, 0.2) is 0 Å². The molecule has 1 aromatic heterocycles. The summed E-state index contributed by atoms with van der Waals surface area (Å²) in [5.41, 5.74) is 3.79. The number of aromatic nitrogens is 3. The fourth-order valence-corrected chi connectivity index (χ4v) is 3.65. The lowest BCUT2D eigenvalue weighted by molar-refractivity contribution is -0.175. The maximum Gasteiger partial charge on any atom is 0.471 e. The Bertz CT molecular complexity index is 1200. The number of carbonyl (C=O) groups is 2. The number of aliphatic hydroxyl groups is 1. The minimum absolute atomic E-state index is 0.0687. The second-order valence-electron chi connectivity index (χ2n) is 9.84. The zero-order valence-corrected chi connectivity index (χ0v) is 21.7. The Morgan fingerprint density at radius 3 is 2.28 bits per heavy atom. The van der Waals surface area contributed by atoms with Crippen molar-refractivity contribution in [2.75, 3.05) is 6.54 Å². The number of aliphatic hydroxyl groups excluding tert-OH is 1. The van der Waals surface area contributed by atoms with Gasteiger partial charge in [-0.1, -0.05) is 42.5 Å². The van der Waals surface area contributed by atoms with Crippen LogP contribution in [0.2, 0.25) is 0 Å². The predicted octanol–water partition coefficient (Wildman–Crippen LogP) is 3.16. The van der Waals surface area contributed by atoms with Crippen LogP contribution in [0, 0.1) is 0 Å². The first-order valence-corrected chi connectivity index (χ1v) is 12.1. The van der Waals surface area contributed by atoms with E-state index in [4.69, 9.17) is 4.74 Å². The monoisotopic (exact) mass is 548 g/mol. The molecule has 10 nitrogen and oxygen atoms in total. The number of nitrogens with zero attached hydrogens (tertiary/aromatic N) is 4. The largest absolute Gasteiger partial charge is 0.471 e. The van der Waals surface area contributed by atoms with Gasteiger partial charge in [-0.05, 0) is 50.5 Å². The van der Waals surface area contributed by atoms with Gasteiger partial charge in [0.25, 0.3) is 0 Å². The molecule has 39 heavy (non-hydrogen) atoms. The molecule has 0 radical (unpaired) electrons. The average molecular weight is 549 g/mol. The summed E-state index contributed by atoms with van der Waals surface area (Å²) in [5, 5.41) is 18.3. The van der Waals surface area contributed by atoms with Gasteiger partial charge in [-0.2, -0.15) is 18.3 Å². The van der Waals surface area contributed by atoms with E-state index in [1.165, 1.54) is 17.7 Å². The lowest BCUT2D eigenvalue weighted by atomic mass is 10.0. The van der Waals surface area contributed by atoms with Crippen molar-refractivity contribution in [3.63, 3.8) is 0 Å². The van der Waals surface area contributed by atoms with Gasteiger partial charge in [-0.15, -0.1) is 0 Å². The number of hydrogen-bond donors (Lipinski definition) is 3. The maximum absolute atomic E-state index is 13.0. The molecule has 1 heterocycles. The van der Waals surface area contributed by atoms with Gasteiger partial charge >= 0.3 is 18.2 Å². The molecule has 0 spiro atoms. The van der Waals surface area contributed by atoms with Crippen LogP contribution in [0.1, 0.15) is 31.9 Å². The Balaban J connectivity index is 1.80. The van der Waals surface area contributed by atoms with Crippen molar-refractivity contribution in [3.05, 3.63) is 78.4 Å². The molecule has 210 valence electrons. The molecule has 13 heteroatoms. The van der Waals surface area contributed by atoms with Gasteiger partial charge in [0.1, 0.15) is 18.3 Å². The summed E-state index contributed by atoms with van der Waals surface area (Å²) in [6, 6.07) is 14.2. The van der Waals surface area contributed by atoms with E-state index in [9.17, 15) is 27.9 Å². The summed E-state index contributed by atoms with van der Waals surface area (Å²) in [5.74, 6) is -2.17. The van der Waals surface area contributed by atoms with Crippen LogP contribution in [0.3, 0.4) is 0 Å². The highest BCUT2D eigenvalue weighted by Gasteiger charge is 2.41. The molecule has 0 unspecified atom stereocenters. The molecule has 0 saturated heterocycles. The van der Waals surface area contributed by atoms with E-state index in [-0.39, 0.29) is 19.5 Å². The molecule has 0 bridgehead atoms. The van der Waals surface area contributed by atoms with Crippen molar-refractivity contribution in [1.29, 1.82) is 0 Å². The third kappa shape index (κ3) is 9.69. The van der Waals surface area contributed by atoms with Crippen molar-refractivity contribution in [3.8, 4) is 5.69 Å². The zero-order chi connectivity index (χ0) is 28.6. The third-order valence-electron chi connectivity index (χ3n) is 5.39. The van der Waals surface area contributed by atoms with Crippen LogP contribution in [0.25, 0.3) is 5.69 Å². The Hall–Kier alpha value is -3.97. The second-order valence-corrected chi connectivity index (χ2v) is 9.84. The highest BCUT2D eigenvalue weighted by Crippen LogP contribution is 2.17. The van der Waals surface area contributed by atoms with Crippen LogP contribution >= 0.6 is 0 Å². The smallest absolute Gasteiger partial charge is 0.443 e. The second kappa shape index (κ2) is 12.7. The van der Waals surface area contributed by atoms with Crippen molar-refractivity contribution in [1.82, 2.24) is 30.5 Å². The van der Waals surface area contributed by atoms with Gasteiger partial charge < -0.3 is 15.2 Å². The molecular weight excluding hydrogens is 517 g/mol. The summed E-state index contributed by atoms with van der Waals surface area (Å²) in [4.78, 5) is 28.2. The summed E-state index contributed by atoms with van der Waals surface area (Å²) < 4.78 is 46.0. The van der Waals surface area contributed by atoms with E-state index in [0.717, 1.165) is 5.69 Å². The molecule has 3 rings (SSSR count). The van der Waals surface area contributed by atoms with Gasteiger partial charge in [0, 0.05) is 13.1 Å². The predicted molar refractivity (Wildman–Crippen MR) is 135 cm³/mol. The fraction of sp³-hybridized carbons (Fsp3) is 0.385. The minimum Gasteiger partial charge on any atom is -0.443 e. The molecule has 0 aliphatic heterocycles. The SMILES string of the molecule is CC(C)(C)OC(=O)NN(Cc1ccc(-n2cncn2)cc1)C[C@H](O)[C@H](Cc1ccccc1)NC(=O)C(F)(F)F. The van der Waals surface area contributed by atoms with E-state index in [0.29, 0.717) is 11.1 Å². The Labute approximate surface area is 223 Å². The van der Waals surface area contributed by atoms with Crippen LogP contribution in [0.5, 0.6) is 0 Å². The van der Waals surface area contributed by atoms with Crippen molar-refractivity contribution in [2.45, 2.75) is 57.7 Å². The van der Waals surface area contributed by atoms with E-state index < -0.39 is 35.9 Å². The number of halogens is 3. The zero-order valence-electron chi connectivity index (χ0n) is 21.7. The quantitative estimate of drug-likeness (QED) is 0.333. The molecule has 3 N–H and O–H groups in total. The van der Waals surface area contributed by atoms with Gasteiger partial charge in [-0.25, -0.2) is 19.5 Å². The number of amides is 2. The number of carbonyl (C=O) groups excluding carboxylic acids is 2.